The Hall–Kier alpha value is -1.93. The van der Waals surface area contributed by atoms with Crippen LogP contribution in [0.3, 0.4) is 0 Å². The first-order valence-electron chi connectivity index (χ1n) is 7.56. The van der Waals surface area contributed by atoms with Crippen molar-refractivity contribution in [1.82, 2.24) is 10.3 Å². The Morgan fingerprint density at radius 3 is 2.79 bits per heavy atom. The zero-order valence-corrected chi connectivity index (χ0v) is 14.8. The van der Waals surface area contributed by atoms with E-state index in [9.17, 15) is 13.2 Å². The normalized spacial score (nSPS) is 19.1. The van der Waals surface area contributed by atoms with Gasteiger partial charge < -0.3 is 10.1 Å². The Morgan fingerprint density at radius 2 is 2.12 bits per heavy atom. The van der Waals surface area contributed by atoms with Crippen LogP contribution in [-0.2, 0) is 16.4 Å². The number of nitrogens with one attached hydrogen (secondary N) is 1. The second-order valence-corrected chi connectivity index (χ2v) is 8.97. The van der Waals surface area contributed by atoms with Crippen LogP contribution in [0.1, 0.15) is 27.5 Å². The molecule has 1 atom stereocenters. The minimum atomic E-state index is -3.01. The molecule has 0 aliphatic carbocycles. The van der Waals surface area contributed by atoms with Crippen LogP contribution < -0.4 is 10.1 Å². The number of carbonyl (C=O) groups excluding carboxylic acids is 1. The van der Waals surface area contributed by atoms with Gasteiger partial charge in [-0.1, -0.05) is 17.7 Å². The van der Waals surface area contributed by atoms with Crippen LogP contribution in [0.25, 0.3) is 0 Å². The highest BCUT2D eigenvalue weighted by atomic mass is 32.2. The number of aryl methyl sites for hydroxylation is 1. The zero-order valence-electron chi connectivity index (χ0n) is 13.2. The molecule has 0 spiro atoms. The van der Waals surface area contributed by atoms with E-state index in [4.69, 9.17) is 4.74 Å². The van der Waals surface area contributed by atoms with Crippen LogP contribution in [0.2, 0.25) is 0 Å². The van der Waals surface area contributed by atoms with Crippen LogP contribution in [0.15, 0.2) is 29.6 Å². The second kappa shape index (κ2) is 6.90. The number of sulfone groups is 1. The van der Waals surface area contributed by atoms with Crippen molar-refractivity contribution in [1.29, 1.82) is 0 Å². The summed E-state index contributed by atoms with van der Waals surface area (Å²) >= 11 is 1.34. The van der Waals surface area contributed by atoms with Crippen molar-refractivity contribution in [2.75, 3.05) is 11.5 Å². The number of rotatable bonds is 5. The fourth-order valence-corrected chi connectivity index (χ4v) is 4.79. The largest absolute Gasteiger partial charge is 0.486 e. The van der Waals surface area contributed by atoms with Gasteiger partial charge >= 0.3 is 0 Å². The molecule has 24 heavy (non-hydrogen) atoms. The average molecular weight is 366 g/mol. The standard InChI is InChI=1S/C16H18N2O4S2/c1-11-2-4-13(5-3-11)22-8-15-18-14(9-23-15)16(19)17-12-6-7-24(20,21)10-12/h2-5,9,12H,6-8,10H2,1H3,(H,17,19)/t12-/m1/s1. The molecule has 8 heteroatoms. The van der Waals surface area contributed by atoms with E-state index in [1.807, 2.05) is 31.2 Å². The van der Waals surface area contributed by atoms with Crippen LogP contribution in [0.5, 0.6) is 5.75 Å². The quantitative estimate of drug-likeness (QED) is 0.874. The smallest absolute Gasteiger partial charge is 0.271 e. The highest BCUT2D eigenvalue weighted by Crippen LogP contribution is 2.17. The van der Waals surface area contributed by atoms with Crippen molar-refractivity contribution in [2.45, 2.75) is 26.0 Å². The Kier molecular flexibility index (Phi) is 4.86. The number of nitrogens with zero attached hydrogens (tertiary/aromatic N) is 1. The van der Waals surface area contributed by atoms with Gasteiger partial charge in [0.25, 0.3) is 5.91 Å². The van der Waals surface area contributed by atoms with Crippen molar-refractivity contribution in [3.05, 3.63) is 45.9 Å². The SMILES string of the molecule is Cc1ccc(OCc2nc(C(=O)N[C@@H]3CCS(=O)(=O)C3)cs2)cc1. The Morgan fingerprint density at radius 1 is 1.38 bits per heavy atom. The predicted octanol–water partition coefficient (Wildman–Crippen LogP) is 1.95. The maximum absolute atomic E-state index is 12.1. The van der Waals surface area contributed by atoms with E-state index in [1.165, 1.54) is 11.3 Å². The maximum atomic E-state index is 12.1. The van der Waals surface area contributed by atoms with Gasteiger partial charge in [-0.15, -0.1) is 11.3 Å². The molecule has 1 aromatic heterocycles. The van der Waals surface area contributed by atoms with E-state index in [0.29, 0.717) is 23.7 Å². The average Bonchev–Trinajstić information content (AvgIpc) is 3.13. The third-order valence-corrected chi connectivity index (χ3v) is 6.33. The van der Waals surface area contributed by atoms with Crippen molar-refractivity contribution < 1.29 is 17.9 Å². The van der Waals surface area contributed by atoms with E-state index in [1.54, 1.807) is 5.38 Å². The van der Waals surface area contributed by atoms with Gasteiger partial charge in [0.15, 0.2) is 9.84 Å². The molecule has 6 nitrogen and oxygen atoms in total. The summed E-state index contributed by atoms with van der Waals surface area (Å²) in [5.74, 6) is 0.546. The zero-order chi connectivity index (χ0) is 17.2. The number of ether oxygens (including phenoxy) is 1. The summed E-state index contributed by atoms with van der Waals surface area (Å²) in [5.41, 5.74) is 1.45. The molecule has 1 aliphatic rings. The molecule has 1 saturated heterocycles. The van der Waals surface area contributed by atoms with Gasteiger partial charge in [0.2, 0.25) is 0 Å². The Balaban J connectivity index is 1.55. The van der Waals surface area contributed by atoms with Crippen molar-refractivity contribution >= 4 is 27.1 Å². The first-order valence-corrected chi connectivity index (χ1v) is 10.3. The lowest BCUT2D eigenvalue weighted by molar-refractivity contribution is 0.0936. The highest BCUT2D eigenvalue weighted by Gasteiger charge is 2.29. The fraction of sp³-hybridized carbons (Fsp3) is 0.375. The maximum Gasteiger partial charge on any atom is 0.271 e. The van der Waals surface area contributed by atoms with E-state index >= 15 is 0 Å². The van der Waals surface area contributed by atoms with Crippen LogP contribution >= 0.6 is 11.3 Å². The second-order valence-electron chi connectivity index (χ2n) is 5.80. The molecule has 0 unspecified atom stereocenters. The molecule has 1 aliphatic heterocycles. The van der Waals surface area contributed by atoms with Gasteiger partial charge in [-0.05, 0) is 25.5 Å². The molecular weight excluding hydrogens is 348 g/mol. The van der Waals surface area contributed by atoms with Crippen LogP contribution in [0, 0.1) is 6.92 Å². The minimum Gasteiger partial charge on any atom is -0.486 e. The number of hydrogen-bond acceptors (Lipinski definition) is 6. The Labute approximate surface area is 144 Å². The topological polar surface area (TPSA) is 85.4 Å². The molecule has 1 N–H and O–H groups in total. The Bertz CT molecular complexity index is 828. The number of amides is 1. The summed E-state index contributed by atoms with van der Waals surface area (Å²) in [7, 11) is -3.01. The van der Waals surface area contributed by atoms with Gasteiger partial charge in [-0.25, -0.2) is 13.4 Å². The van der Waals surface area contributed by atoms with Gasteiger partial charge in [-0.2, -0.15) is 0 Å². The number of benzene rings is 1. The number of carbonyl (C=O) groups is 1. The van der Waals surface area contributed by atoms with Crippen LogP contribution in [-0.4, -0.2) is 36.9 Å². The summed E-state index contributed by atoms with van der Waals surface area (Å²) in [6.07, 6.45) is 0.460. The first-order chi connectivity index (χ1) is 11.4. The van der Waals surface area contributed by atoms with Crippen molar-refractivity contribution in [3.63, 3.8) is 0 Å². The van der Waals surface area contributed by atoms with Crippen molar-refractivity contribution in [3.8, 4) is 5.75 Å². The minimum absolute atomic E-state index is 0.00622. The predicted molar refractivity (Wildman–Crippen MR) is 92.2 cm³/mol. The summed E-state index contributed by atoms with van der Waals surface area (Å²) in [6, 6.07) is 7.38. The summed E-state index contributed by atoms with van der Waals surface area (Å²) < 4.78 is 28.5. The van der Waals surface area contributed by atoms with Crippen LogP contribution in [0.4, 0.5) is 0 Å². The number of aromatic nitrogens is 1. The molecule has 2 heterocycles. The van der Waals surface area contributed by atoms with Gasteiger partial charge in [-0.3, -0.25) is 4.79 Å². The molecule has 0 radical (unpaired) electrons. The van der Waals surface area contributed by atoms with E-state index in [2.05, 4.69) is 10.3 Å². The molecule has 128 valence electrons. The molecule has 0 saturated carbocycles. The lowest BCUT2D eigenvalue weighted by atomic mass is 10.2. The third-order valence-electron chi connectivity index (χ3n) is 3.74. The third kappa shape index (κ3) is 4.33. The molecule has 3 rings (SSSR count). The molecule has 1 fully saturated rings. The molecule has 0 bridgehead atoms. The molecule has 1 aromatic carbocycles. The van der Waals surface area contributed by atoms with E-state index in [-0.39, 0.29) is 23.5 Å². The fourth-order valence-electron chi connectivity index (χ4n) is 2.43. The number of thiazole rings is 1. The number of hydrogen-bond donors (Lipinski definition) is 1. The summed E-state index contributed by atoms with van der Waals surface area (Å²) in [4.78, 5) is 16.4. The lowest BCUT2D eigenvalue weighted by Gasteiger charge is -2.08. The molecular formula is C16H18N2O4S2. The van der Waals surface area contributed by atoms with Gasteiger partial charge in [0.1, 0.15) is 23.1 Å². The highest BCUT2D eigenvalue weighted by molar-refractivity contribution is 7.91. The molecule has 1 amide bonds. The van der Waals surface area contributed by atoms with E-state index in [0.717, 1.165) is 11.3 Å². The summed E-state index contributed by atoms with van der Waals surface area (Å²) in [5, 5.41) is 5.08. The lowest BCUT2D eigenvalue weighted by Crippen LogP contribution is -2.35. The first kappa shape index (κ1) is 16.9. The summed E-state index contributed by atoms with van der Waals surface area (Å²) in [6.45, 7) is 2.30. The van der Waals surface area contributed by atoms with Gasteiger partial charge in [0, 0.05) is 11.4 Å². The molecule has 2 aromatic rings. The monoisotopic (exact) mass is 366 g/mol. The van der Waals surface area contributed by atoms with E-state index < -0.39 is 9.84 Å². The van der Waals surface area contributed by atoms with Gasteiger partial charge in [0.05, 0.1) is 11.5 Å². The van der Waals surface area contributed by atoms with Crippen molar-refractivity contribution in [2.24, 2.45) is 0 Å².